The molecule has 0 saturated carbocycles. The van der Waals surface area contributed by atoms with E-state index in [-0.39, 0.29) is 18.3 Å². The van der Waals surface area contributed by atoms with E-state index in [9.17, 15) is 21.6 Å². The van der Waals surface area contributed by atoms with E-state index >= 15 is 0 Å². The van der Waals surface area contributed by atoms with Gasteiger partial charge in [0.05, 0.1) is 13.4 Å². The zero-order chi connectivity index (χ0) is 24.2. The predicted molar refractivity (Wildman–Crippen MR) is 116 cm³/mol. The van der Waals surface area contributed by atoms with E-state index in [2.05, 4.69) is 30.6 Å². The first-order valence-electron chi connectivity index (χ1n) is 9.32. The zero-order valence-electron chi connectivity index (χ0n) is 17.8. The number of nitrogens with one attached hydrogen (secondary N) is 2. The molecule has 0 saturated heterocycles. The number of nitrogens with zero attached hydrogens (tertiary/aromatic N) is 5. The van der Waals surface area contributed by atoms with Crippen LogP contribution in [0.4, 0.5) is 36.4 Å². The molecule has 0 radical (unpaired) electrons. The molecule has 176 valence electrons. The summed E-state index contributed by atoms with van der Waals surface area (Å²) in [5.74, 6) is -0.210. The molecule has 0 unspecified atom stereocenters. The fourth-order valence-electron chi connectivity index (χ4n) is 2.70. The average molecular weight is 483 g/mol. The van der Waals surface area contributed by atoms with Crippen molar-refractivity contribution in [3.8, 4) is 5.88 Å². The number of methoxy groups -OCH3 is 1. The first-order valence-corrected chi connectivity index (χ1v) is 11.2. The van der Waals surface area contributed by atoms with Gasteiger partial charge < -0.3 is 15.4 Å². The van der Waals surface area contributed by atoms with Gasteiger partial charge in [-0.2, -0.15) is 18.2 Å². The predicted octanol–water partition coefficient (Wildman–Crippen LogP) is 3.05. The highest BCUT2D eigenvalue weighted by Gasteiger charge is 2.35. The highest BCUT2D eigenvalue weighted by Crippen LogP contribution is 2.34. The molecular formula is C19H20F3N7O3S. The molecule has 3 rings (SSSR count). The highest BCUT2D eigenvalue weighted by molar-refractivity contribution is 7.92. The summed E-state index contributed by atoms with van der Waals surface area (Å²) in [6, 6.07) is 6.19. The van der Waals surface area contributed by atoms with Crippen molar-refractivity contribution in [2.75, 3.05) is 35.4 Å². The molecule has 0 amide bonds. The zero-order valence-corrected chi connectivity index (χ0v) is 18.6. The molecule has 14 heteroatoms. The van der Waals surface area contributed by atoms with Crippen LogP contribution < -0.4 is 19.7 Å². The molecule has 0 spiro atoms. The second kappa shape index (κ2) is 9.44. The van der Waals surface area contributed by atoms with Gasteiger partial charge >= 0.3 is 6.18 Å². The lowest BCUT2D eigenvalue weighted by molar-refractivity contribution is -0.137. The largest absolute Gasteiger partial charge is 0.481 e. The number of sulfonamides is 1. The van der Waals surface area contributed by atoms with Crippen LogP contribution in [0.3, 0.4) is 0 Å². The van der Waals surface area contributed by atoms with Crippen LogP contribution >= 0.6 is 0 Å². The maximum atomic E-state index is 13.5. The van der Waals surface area contributed by atoms with Crippen molar-refractivity contribution >= 4 is 33.3 Å². The van der Waals surface area contributed by atoms with Crippen LogP contribution in [0.25, 0.3) is 0 Å². The molecule has 0 fully saturated rings. The summed E-state index contributed by atoms with van der Waals surface area (Å²) in [5, 5.41) is 5.42. The summed E-state index contributed by atoms with van der Waals surface area (Å²) < 4.78 is 70.3. The summed E-state index contributed by atoms with van der Waals surface area (Å²) in [7, 11) is -0.897. The minimum Gasteiger partial charge on any atom is -0.481 e. The summed E-state index contributed by atoms with van der Waals surface area (Å²) in [4.78, 5) is 15.7. The van der Waals surface area contributed by atoms with E-state index in [1.807, 2.05) is 0 Å². The third-order valence-electron chi connectivity index (χ3n) is 4.40. The van der Waals surface area contributed by atoms with E-state index in [1.165, 1.54) is 32.6 Å². The Bertz CT molecular complexity index is 1240. The van der Waals surface area contributed by atoms with E-state index in [0.717, 1.165) is 10.6 Å². The number of halogens is 3. The number of anilines is 4. The van der Waals surface area contributed by atoms with Crippen LogP contribution in [0.1, 0.15) is 11.1 Å². The van der Waals surface area contributed by atoms with Crippen molar-refractivity contribution in [3.05, 3.63) is 54.0 Å². The molecule has 0 aliphatic carbocycles. The maximum Gasteiger partial charge on any atom is 0.421 e. The molecule has 3 aromatic heterocycles. The lowest BCUT2D eigenvalue weighted by Crippen LogP contribution is -2.27. The third kappa shape index (κ3) is 5.97. The highest BCUT2D eigenvalue weighted by atomic mass is 32.2. The first-order chi connectivity index (χ1) is 15.5. The van der Waals surface area contributed by atoms with E-state index in [4.69, 9.17) is 4.74 Å². The van der Waals surface area contributed by atoms with Crippen LogP contribution in [0.2, 0.25) is 0 Å². The standard InChI is InChI=1S/C19H20F3N7O3S/c1-29(33(3,30)31)17-12(5-4-7-24-17)10-25-16-14(19(20,21)22)11-26-18(28-16)27-13-6-8-23-15(9-13)32-2/h4-9,11H,10H2,1-3H3,(H2,23,25,26,27,28). The van der Waals surface area contributed by atoms with Crippen LogP contribution in [0.5, 0.6) is 5.88 Å². The van der Waals surface area contributed by atoms with Gasteiger partial charge in [0, 0.05) is 49.5 Å². The van der Waals surface area contributed by atoms with Gasteiger partial charge in [-0.15, -0.1) is 0 Å². The fourth-order valence-corrected chi connectivity index (χ4v) is 3.18. The number of alkyl halides is 3. The second-order valence-electron chi connectivity index (χ2n) is 6.74. The first kappa shape index (κ1) is 24.0. The normalized spacial score (nSPS) is 11.7. The van der Waals surface area contributed by atoms with Gasteiger partial charge in [-0.25, -0.2) is 23.4 Å². The lowest BCUT2D eigenvalue weighted by Gasteiger charge is -2.20. The number of rotatable bonds is 8. The molecule has 0 aromatic carbocycles. The Morgan fingerprint density at radius 3 is 2.58 bits per heavy atom. The van der Waals surface area contributed by atoms with Crippen LogP contribution in [-0.2, 0) is 22.7 Å². The van der Waals surface area contributed by atoms with Crippen molar-refractivity contribution in [2.45, 2.75) is 12.7 Å². The molecule has 2 N–H and O–H groups in total. The average Bonchev–Trinajstić information content (AvgIpc) is 2.76. The molecule has 0 aliphatic heterocycles. The summed E-state index contributed by atoms with van der Waals surface area (Å²) >= 11 is 0. The number of pyridine rings is 2. The third-order valence-corrected chi connectivity index (χ3v) is 5.57. The Balaban J connectivity index is 1.91. The SMILES string of the molecule is COc1cc(Nc2ncc(C(F)(F)F)c(NCc3cccnc3N(C)S(C)(=O)=O)n2)ccn1. The van der Waals surface area contributed by atoms with Crippen molar-refractivity contribution in [1.82, 2.24) is 19.9 Å². The Morgan fingerprint density at radius 2 is 1.91 bits per heavy atom. The Hall–Kier alpha value is -3.68. The van der Waals surface area contributed by atoms with Crippen LogP contribution in [0.15, 0.2) is 42.9 Å². The monoisotopic (exact) mass is 483 g/mol. The quantitative estimate of drug-likeness (QED) is 0.498. The number of hydrogen-bond donors (Lipinski definition) is 2. The van der Waals surface area contributed by atoms with E-state index in [1.54, 1.807) is 18.2 Å². The van der Waals surface area contributed by atoms with E-state index in [0.29, 0.717) is 23.3 Å². The van der Waals surface area contributed by atoms with Gasteiger partial charge in [0.25, 0.3) is 0 Å². The fraction of sp³-hybridized carbons (Fsp3) is 0.263. The van der Waals surface area contributed by atoms with Crippen LogP contribution in [-0.4, -0.2) is 48.8 Å². The molecule has 33 heavy (non-hydrogen) atoms. The molecule has 0 aliphatic rings. The van der Waals surface area contributed by atoms with Crippen molar-refractivity contribution in [3.63, 3.8) is 0 Å². The maximum absolute atomic E-state index is 13.5. The lowest BCUT2D eigenvalue weighted by atomic mass is 10.2. The number of aromatic nitrogens is 4. The van der Waals surface area contributed by atoms with Crippen LogP contribution in [0, 0.1) is 0 Å². The van der Waals surface area contributed by atoms with Crippen molar-refractivity contribution in [1.29, 1.82) is 0 Å². The second-order valence-corrected chi connectivity index (χ2v) is 8.75. The summed E-state index contributed by atoms with van der Waals surface area (Å²) in [6.45, 7) is -0.175. The van der Waals surface area contributed by atoms with Gasteiger partial charge in [0.1, 0.15) is 17.2 Å². The van der Waals surface area contributed by atoms with Gasteiger partial charge in [-0.1, -0.05) is 6.07 Å². The van der Waals surface area contributed by atoms with Gasteiger partial charge in [0.15, 0.2) is 0 Å². The molecule has 10 nitrogen and oxygen atoms in total. The number of hydrogen-bond acceptors (Lipinski definition) is 9. The van der Waals surface area contributed by atoms with Gasteiger partial charge in [-0.3, -0.25) is 4.31 Å². The molecule has 3 aromatic rings. The minimum absolute atomic E-state index is 0.0809. The summed E-state index contributed by atoms with van der Waals surface area (Å²) in [6.07, 6.45) is -0.230. The molecule has 0 atom stereocenters. The molecular weight excluding hydrogens is 463 g/mol. The summed E-state index contributed by atoms with van der Waals surface area (Å²) in [5.41, 5.74) is -0.273. The minimum atomic E-state index is -4.72. The molecule has 3 heterocycles. The molecule has 0 bridgehead atoms. The van der Waals surface area contributed by atoms with Gasteiger partial charge in [0.2, 0.25) is 21.9 Å². The Morgan fingerprint density at radius 1 is 1.15 bits per heavy atom. The smallest absolute Gasteiger partial charge is 0.421 e. The topological polar surface area (TPSA) is 122 Å². The van der Waals surface area contributed by atoms with Crippen molar-refractivity contribution < 1.29 is 26.3 Å². The van der Waals surface area contributed by atoms with Gasteiger partial charge in [-0.05, 0) is 12.1 Å². The van der Waals surface area contributed by atoms with E-state index < -0.39 is 27.6 Å². The number of ether oxygens (including phenoxy) is 1. The van der Waals surface area contributed by atoms with Crippen molar-refractivity contribution in [2.24, 2.45) is 0 Å². The Kier molecular flexibility index (Phi) is 6.86. The Labute approximate surface area is 187 Å².